The SMILES string of the molecule is CCCCC(CC)COC(=O)CCSc1ccc(CN2CCCC2)cc1O. The van der Waals surface area contributed by atoms with Crippen LogP contribution in [0.2, 0.25) is 0 Å². The molecule has 0 saturated carbocycles. The van der Waals surface area contributed by atoms with Gasteiger partial charge < -0.3 is 9.84 Å². The summed E-state index contributed by atoms with van der Waals surface area (Å²) in [6.07, 6.45) is 7.48. The van der Waals surface area contributed by atoms with Crippen LogP contribution < -0.4 is 0 Å². The molecule has 1 aromatic carbocycles. The molecule has 152 valence electrons. The average Bonchev–Trinajstić information content (AvgIpc) is 3.16. The lowest BCUT2D eigenvalue weighted by atomic mass is 10.0. The second-order valence-corrected chi connectivity index (χ2v) is 8.62. The number of benzene rings is 1. The lowest BCUT2D eigenvalue weighted by Crippen LogP contribution is -2.18. The molecule has 0 aromatic heterocycles. The standard InChI is InChI=1S/C22H35NO3S/c1-3-5-8-18(4-2)17-26-22(25)11-14-27-21-10-9-19(15-20(21)24)16-23-12-6-7-13-23/h9-10,15,18,24H,3-8,11-14,16-17H2,1-2H3. The number of carbonyl (C=O) groups excluding carboxylic acids is 1. The van der Waals surface area contributed by atoms with E-state index in [1.807, 2.05) is 12.1 Å². The maximum absolute atomic E-state index is 12.0. The van der Waals surface area contributed by atoms with E-state index in [9.17, 15) is 9.90 Å². The molecule has 0 spiro atoms. The van der Waals surface area contributed by atoms with E-state index in [0.29, 0.717) is 30.4 Å². The van der Waals surface area contributed by atoms with E-state index in [2.05, 4.69) is 24.8 Å². The van der Waals surface area contributed by atoms with Crippen molar-refractivity contribution in [2.24, 2.45) is 5.92 Å². The number of ether oxygens (including phenoxy) is 1. The van der Waals surface area contributed by atoms with Crippen LogP contribution in [0.25, 0.3) is 0 Å². The fourth-order valence-electron chi connectivity index (χ4n) is 3.41. The second kappa shape index (κ2) is 12.3. The number of carbonyl (C=O) groups is 1. The fourth-order valence-corrected chi connectivity index (χ4v) is 4.27. The molecule has 1 aromatic rings. The zero-order valence-corrected chi connectivity index (χ0v) is 17.7. The Balaban J connectivity index is 1.68. The fraction of sp³-hybridized carbons (Fsp3) is 0.682. The molecule has 0 aliphatic carbocycles. The number of phenols is 1. The van der Waals surface area contributed by atoms with Crippen LogP contribution in [0.3, 0.4) is 0 Å². The summed E-state index contributed by atoms with van der Waals surface area (Å²) in [5.74, 6) is 1.29. The molecule has 1 aliphatic rings. The molecular weight excluding hydrogens is 358 g/mol. The van der Waals surface area contributed by atoms with E-state index >= 15 is 0 Å². The quantitative estimate of drug-likeness (QED) is 0.389. The number of hydrogen-bond donors (Lipinski definition) is 1. The van der Waals surface area contributed by atoms with Crippen molar-refractivity contribution in [3.05, 3.63) is 23.8 Å². The summed E-state index contributed by atoms with van der Waals surface area (Å²) in [5, 5.41) is 10.3. The molecule has 4 nitrogen and oxygen atoms in total. The van der Waals surface area contributed by atoms with Crippen molar-refractivity contribution in [3.8, 4) is 5.75 Å². The van der Waals surface area contributed by atoms with Gasteiger partial charge in [-0.25, -0.2) is 0 Å². The molecule has 1 heterocycles. The van der Waals surface area contributed by atoms with Crippen molar-refractivity contribution in [2.45, 2.75) is 70.2 Å². The molecule has 0 radical (unpaired) electrons. The van der Waals surface area contributed by atoms with Gasteiger partial charge in [-0.15, -0.1) is 11.8 Å². The lowest BCUT2D eigenvalue weighted by molar-refractivity contribution is -0.144. The molecule has 1 atom stereocenters. The highest BCUT2D eigenvalue weighted by Crippen LogP contribution is 2.30. The molecule has 1 unspecified atom stereocenters. The first-order valence-electron chi connectivity index (χ1n) is 10.4. The molecule has 1 saturated heterocycles. The van der Waals surface area contributed by atoms with Crippen molar-refractivity contribution < 1.29 is 14.6 Å². The zero-order valence-electron chi connectivity index (χ0n) is 16.9. The first kappa shape index (κ1) is 22.1. The van der Waals surface area contributed by atoms with Gasteiger partial charge in [0, 0.05) is 17.2 Å². The Morgan fingerprint density at radius 2 is 2.07 bits per heavy atom. The van der Waals surface area contributed by atoms with Crippen LogP contribution in [0, 0.1) is 5.92 Å². The van der Waals surface area contributed by atoms with Crippen LogP contribution in [0.4, 0.5) is 0 Å². The van der Waals surface area contributed by atoms with Gasteiger partial charge in [0.05, 0.1) is 13.0 Å². The van der Waals surface area contributed by atoms with Crippen LogP contribution in [-0.2, 0) is 16.1 Å². The third kappa shape index (κ3) is 8.14. The van der Waals surface area contributed by atoms with Gasteiger partial charge in [-0.2, -0.15) is 0 Å². The number of likely N-dealkylation sites (tertiary alicyclic amines) is 1. The summed E-state index contributed by atoms with van der Waals surface area (Å²) < 4.78 is 5.43. The number of unbranched alkanes of at least 4 members (excludes halogenated alkanes) is 1. The summed E-state index contributed by atoms with van der Waals surface area (Å²) in [6.45, 7) is 8.08. The van der Waals surface area contributed by atoms with Crippen LogP contribution in [0.5, 0.6) is 5.75 Å². The van der Waals surface area contributed by atoms with Crippen molar-refractivity contribution >= 4 is 17.7 Å². The van der Waals surface area contributed by atoms with Crippen molar-refractivity contribution in [2.75, 3.05) is 25.4 Å². The predicted molar refractivity (Wildman–Crippen MR) is 112 cm³/mol. The predicted octanol–water partition coefficient (Wildman–Crippen LogP) is 5.23. The number of nitrogens with zero attached hydrogens (tertiary/aromatic N) is 1. The average molecular weight is 394 g/mol. The molecular formula is C22H35NO3S. The third-order valence-electron chi connectivity index (χ3n) is 5.22. The number of hydrogen-bond acceptors (Lipinski definition) is 5. The molecule has 5 heteroatoms. The summed E-state index contributed by atoms with van der Waals surface area (Å²) in [6, 6.07) is 5.91. The summed E-state index contributed by atoms with van der Waals surface area (Å²) >= 11 is 1.52. The van der Waals surface area contributed by atoms with Crippen molar-refractivity contribution in [3.63, 3.8) is 0 Å². The Morgan fingerprint density at radius 1 is 1.30 bits per heavy atom. The number of esters is 1. The first-order chi connectivity index (χ1) is 13.1. The van der Waals surface area contributed by atoms with Gasteiger partial charge in [-0.1, -0.05) is 39.2 Å². The highest BCUT2D eigenvalue weighted by Gasteiger charge is 2.14. The maximum Gasteiger partial charge on any atom is 0.306 e. The summed E-state index contributed by atoms with van der Waals surface area (Å²) in [4.78, 5) is 15.2. The number of phenolic OH excluding ortho intramolecular Hbond substituents is 1. The number of thioether (sulfide) groups is 1. The normalized spacial score (nSPS) is 15.8. The lowest BCUT2D eigenvalue weighted by Gasteiger charge is -2.15. The van der Waals surface area contributed by atoms with Gasteiger partial charge in [-0.3, -0.25) is 9.69 Å². The zero-order chi connectivity index (χ0) is 19.5. The maximum atomic E-state index is 12.0. The molecule has 1 fully saturated rings. The Bertz CT molecular complexity index is 573. The molecule has 0 bridgehead atoms. The number of aromatic hydroxyl groups is 1. The minimum absolute atomic E-state index is 0.136. The number of rotatable bonds is 12. The molecule has 1 N–H and O–H groups in total. The smallest absolute Gasteiger partial charge is 0.306 e. The topological polar surface area (TPSA) is 49.8 Å². The second-order valence-electron chi connectivity index (χ2n) is 7.48. The van der Waals surface area contributed by atoms with Crippen LogP contribution in [-0.4, -0.2) is 41.4 Å². The van der Waals surface area contributed by atoms with Crippen LogP contribution >= 0.6 is 11.8 Å². The van der Waals surface area contributed by atoms with E-state index in [-0.39, 0.29) is 5.97 Å². The van der Waals surface area contributed by atoms with Gasteiger partial charge in [0.1, 0.15) is 5.75 Å². The van der Waals surface area contributed by atoms with E-state index in [1.165, 1.54) is 37.4 Å². The molecule has 1 aliphatic heterocycles. The van der Waals surface area contributed by atoms with E-state index in [4.69, 9.17) is 4.74 Å². The third-order valence-corrected chi connectivity index (χ3v) is 6.28. The monoisotopic (exact) mass is 393 g/mol. The van der Waals surface area contributed by atoms with E-state index in [1.54, 1.807) is 0 Å². The van der Waals surface area contributed by atoms with Gasteiger partial charge in [0.2, 0.25) is 0 Å². The van der Waals surface area contributed by atoms with Crippen molar-refractivity contribution in [1.29, 1.82) is 0 Å². The minimum Gasteiger partial charge on any atom is -0.507 e. The molecule has 2 rings (SSSR count). The Kier molecular flexibility index (Phi) is 10.1. The largest absolute Gasteiger partial charge is 0.507 e. The highest BCUT2D eigenvalue weighted by molar-refractivity contribution is 7.99. The first-order valence-corrected chi connectivity index (χ1v) is 11.4. The van der Waals surface area contributed by atoms with Crippen molar-refractivity contribution in [1.82, 2.24) is 4.90 Å². The Hall–Kier alpha value is -1.20. The van der Waals surface area contributed by atoms with Gasteiger partial charge in [-0.05, 0) is 56.0 Å². The van der Waals surface area contributed by atoms with Crippen LogP contribution in [0.1, 0.15) is 64.4 Å². The van der Waals surface area contributed by atoms with Gasteiger partial charge in [0.15, 0.2) is 0 Å². The summed E-state index contributed by atoms with van der Waals surface area (Å²) in [7, 11) is 0. The Morgan fingerprint density at radius 3 is 2.74 bits per heavy atom. The Labute approximate surface area is 168 Å². The highest BCUT2D eigenvalue weighted by atomic mass is 32.2. The van der Waals surface area contributed by atoms with Crippen LogP contribution in [0.15, 0.2) is 23.1 Å². The minimum atomic E-state index is -0.136. The van der Waals surface area contributed by atoms with Gasteiger partial charge in [0.25, 0.3) is 0 Å². The van der Waals surface area contributed by atoms with Gasteiger partial charge >= 0.3 is 5.97 Å². The van der Waals surface area contributed by atoms with E-state index in [0.717, 1.165) is 42.9 Å². The summed E-state index contributed by atoms with van der Waals surface area (Å²) in [5.41, 5.74) is 1.15. The van der Waals surface area contributed by atoms with E-state index < -0.39 is 0 Å². The molecule has 27 heavy (non-hydrogen) atoms. The molecule has 0 amide bonds.